The molecule has 0 fully saturated rings. The first-order valence-electron chi connectivity index (χ1n) is 9.35. The number of rotatable bonds is 4. The molecule has 0 saturated heterocycles. The van der Waals surface area contributed by atoms with Crippen molar-refractivity contribution in [3.63, 3.8) is 0 Å². The summed E-state index contributed by atoms with van der Waals surface area (Å²) >= 11 is 3.49. The number of aromatic nitrogens is 3. The second-order valence-corrected chi connectivity index (χ2v) is 7.63. The van der Waals surface area contributed by atoms with Crippen LogP contribution in [0.1, 0.15) is 15.9 Å². The van der Waals surface area contributed by atoms with E-state index in [4.69, 9.17) is 4.74 Å². The zero-order valence-corrected chi connectivity index (χ0v) is 18.2. The Labute approximate surface area is 189 Å². The minimum absolute atomic E-state index is 0.301. The van der Waals surface area contributed by atoms with Crippen LogP contribution in [0.2, 0.25) is 0 Å². The van der Waals surface area contributed by atoms with E-state index in [0.29, 0.717) is 27.0 Å². The molecule has 4 aromatic rings. The Morgan fingerprint density at radius 3 is 2.31 bits per heavy atom. The topological polar surface area (TPSA) is 57.0 Å². The normalized spacial score (nSPS) is 11.4. The maximum Gasteiger partial charge on any atom is 0.416 e. The molecule has 0 aliphatic heterocycles. The van der Waals surface area contributed by atoms with E-state index in [1.165, 1.54) is 23.9 Å². The molecule has 4 rings (SSSR count). The van der Waals surface area contributed by atoms with Crippen LogP contribution >= 0.6 is 15.9 Å². The highest BCUT2D eigenvalue weighted by molar-refractivity contribution is 9.10. The van der Waals surface area contributed by atoms with Gasteiger partial charge in [0.15, 0.2) is 0 Å². The highest BCUT2D eigenvalue weighted by atomic mass is 79.9. The maximum atomic E-state index is 12.8. The fraction of sp³-hybridized carbons (Fsp3) is 0.0870. The number of alkyl halides is 3. The summed E-state index contributed by atoms with van der Waals surface area (Å²) in [7, 11) is 1.29. The second kappa shape index (κ2) is 8.58. The van der Waals surface area contributed by atoms with Crippen molar-refractivity contribution >= 4 is 21.9 Å². The van der Waals surface area contributed by atoms with Gasteiger partial charge in [0.25, 0.3) is 0 Å². The van der Waals surface area contributed by atoms with Crippen LogP contribution in [0, 0.1) is 0 Å². The lowest BCUT2D eigenvalue weighted by Gasteiger charge is -2.12. The van der Waals surface area contributed by atoms with Gasteiger partial charge in [-0.1, -0.05) is 47.7 Å². The summed E-state index contributed by atoms with van der Waals surface area (Å²) < 4.78 is 45.4. The lowest BCUT2D eigenvalue weighted by Crippen LogP contribution is -2.06. The van der Waals surface area contributed by atoms with Crippen molar-refractivity contribution in [3.05, 3.63) is 88.5 Å². The molecule has 1 heterocycles. The Bertz CT molecular complexity index is 1270. The number of carbonyl (C=O) groups excluding carboxylic acids is 1. The average Bonchev–Trinajstić information content (AvgIpc) is 3.29. The van der Waals surface area contributed by atoms with Crippen LogP contribution in [0.15, 0.2) is 77.4 Å². The number of esters is 1. The third kappa shape index (κ3) is 4.29. The molecule has 0 aliphatic rings. The van der Waals surface area contributed by atoms with Crippen LogP contribution in [-0.2, 0) is 10.9 Å². The van der Waals surface area contributed by atoms with Crippen molar-refractivity contribution < 1.29 is 22.7 Å². The molecule has 9 heteroatoms. The van der Waals surface area contributed by atoms with Gasteiger partial charge in [0.05, 0.1) is 30.1 Å². The van der Waals surface area contributed by atoms with Gasteiger partial charge in [0, 0.05) is 10.0 Å². The van der Waals surface area contributed by atoms with E-state index in [9.17, 15) is 18.0 Å². The zero-order chi connectivity index (χ0) is 22.9. The quantitative estimate of drug-likeness (QED) is 0.314. The molecule has 3 aromatic carbocycles. The van der Waals surface area contributed by atoms with Crippen LogP contribution in [-0.4, -0.2) is 28.1 Å². The zero-order valence-electron chi connectivity index (χ0n) is 16.6. The summed E-state index contributed by atoms with van der Waals surface area (Å²) in [4.78, 5) is 12.4. The number of hydrogen-bond donors (Lipinski definition) is 0. The summed E-state index contributed by atoms with van der Waals surface area (Å²) in [5.41, 5.74) is 2.59. The van der Waals surface area contributed by atoms with Crippen molar-refractivity contribution in [2.24, 2.45) is 0 Å². The number of methoxy groups -OCH3 is 1. The fourth-order valence-corrected chi connectivity index (χ4v) is 3.80. The first-order valence-corrected chi connectivity index (χ1v) is 10.1. The van der Waals surface area contributed by atoms with E-state index in [1.54, 1.807) is 12.3 Å². The Kier molecular flexibility index (Phi) is 5.84. The van der Waals surface area contributed by atoms with Gasteiger partial charge >= 0.3 is 12.1 Å². The minimum atomic E-state index is -4.41. The molecule has 0 aliphatic carbocycles. The summed E-state index contributed by atoms with van der Waals surface area (Å²) in [5.74, 6) is -0.529. The molecule has 0 bridgehead atoms. The molecule has 162 valence electrons. The van der Waals surface area contributed by atoms with Crippen LogP contribution in [0.25, 0.3) is 28.1 Å². The molecule has 0 N–H and O–H groups in total. The molecule has 1 aromatic heterocycles. The van der Waals surface area contributed by atoms with E-state index >= 15 is 0 Å². The largest absolute Gasteiger partial charge is 0.465 e. The number of ether oxygens (including phenoxy) is 1. The Morgan fingerprint density at radius 1 is 1.00 bits per heavy atom. The smallest absolute Gasteiger partial charge is 0.416 e. The lowest BCUT2D eigenvalue weighted by molar-refractivity contribution is -0.137. The van der Waals surface area contributed by atoms with E-state index in [-0.39, 0.29) is 0 Å². The van der Waals surface area contributed by atoms with Gasteiger partial charge in [-0.3, -0.25) is 0 Å². The van der Waals surface area contributed by atoms with Crippen molar-refractivity contribution in [1.82, 2.24) is 15.0 Å². The first-order chi connectivity index (χ1) is 15.3. The third-order valence-corrected chi connectivity index (χ3v) is 5.67. The predicted octanol–water partition coefficient (Wildman–Crippen LogP) is 6.17. The SMILES string of the molecule is COC(=O)c1cc(-n2cc(-c3ccc(C(F)(F)F)cc3)nn2)cc(-c2ccccc2)c1Br. The molecular formula is C23H15BrF3N3O2. The molecule has 0 amide bonds. The van der Waals surface area contributed by atoms with Crippen LogP contribution in [0.5, 0.6) is 0 Å². The molecule has 0 saturated carbocycles. The van der Waals surface area contributed by atoms with Gasteiger partial charge in [-0.05, 0) is 51.3 Å². The van der Waals surface area contributed by atoms with Crippen LogP contribution < -0.4 is 0 Å². The average molecular weight is 502 g/mol. The number of nitrogens with zero attached hydrogens (tertiary/aromatic N) is 3. The summed E-state index contributed by atoms with van der Waals surface area (Å²) in [5, 5.41) is 8.18. The molecule has 0 unspecified atom stereocenters. The molecule has 5 nitrogen and oxygen atoms in total. The minimum Gasteiger partial charge on any atom is -0.465 e. The summed E-state index contributed by atoms with van der Waals surface area (Å²) in [6.07, 6.45) is -2.83. The second-order valence-electron chi connectivity index (χ2n) is 6.84. The molecule has 0 atom stereocenters. The summed E-state index contributed by atoms with van der Waals surface area (Å²) in [6.45, 7) is 0. The molecular weight excluding hydrogens is 487 g/mol. The highest BCUT2D eigenvalue weighted by Crippen LogP contribution is 2.35. The third-order valence-electron chi connectivity index (χ3n) is 4.81. The van der Waals surface area contributed by atoms with Gasteiger partial charge in [-0.25, -0.2) is 9.48 Å². The predicted molar refractivity (Wildman–Crippen MR) is 116 cm³/mol. The summed E-state index contributed by atoms with van der Waals surface area (Å²) in [6, 6.07) is 17.6. The Hall–Kier alpha value is -3.46. The van der Waals surface area contributed by atoms with Gasteiger partial charge in [0.1, 0.15) is 5.69 Å². The maximum absolute atomic E-state index is 12.8. The Morgan fingerprint density at radius 2 is 1.69 bits per heavy atom. The molecule has 0 spiro atoms. The first kappa shape index (κ1) is 21.8. The fourth-order valence-electron chi connectivity index (χ4n) is 3.18. The number of halogens is 4. The van der Waals surface area contributed by atoms with E-state index in [0.717, 1.165) is 23.3 Å². The standard InChI is InChI=1S/C23H15BrF3N3O2/c1-32-22(31)19-12-17(11-18(21(19)24)14-5-3-2-4-6-14)30-13-20(28-29-30)15-7-9-16(10-8-15)23(25,26)27/h2-13H,1H3. The van der Waals surface area contributed by atoms with Crippen molar-refractivity contribution in [1.29, 1.82) is 0 Å². The van der Waals surface area contributed by atoms with E-state index < -0.39 is 17.7 Å². The van der Waals surface area contributed by atoms with E-state index in [2.05, 4.69) is 26.2 Å². The van der Waals surface area contributed by atoms with Crippen molar-refractivity contribution in [2.45, 2.75) is 6.18 Å². The lowest BCUT2D eigenvalue weighted by atomic mass is 10.0. The van der Waals surface area contributed by atoms with Gasteiger partial charge in [-0.2, -0.15) is 13.2 Å². The van der Waals surface area contributed by atoms with Crippen molar-refractivity contribution in [3.8, 4) is 28.1 Å². The van der Waals surface area contributed by atoms with E-state index in [1.807, 2.05) is 36.4 Å². The monoisotopic (exact) mass is 501 g/mol. The van der Waals surface area contributed by atoms with Crippen LogP contribution in [0.3, 0.4) is 0 Å². The van der Waals surface area contributed by atoms with Gasteiger partial charge in [0.2, 0.25) is 0 Å². The highest BCUT2D eigenvalue weighted by Gasteiger charge is 2.30. The molecule has 0 radical (unpaired) electrons. The van der Waals surface area contributed by atoms with Gasteiger partial charge in [-0.15, -0.1) is 5.10 Å². The van der Waals surface area contributed by atoms with Gasteiger partial charge < -0.3 is 4.74 Å². The number of carbonyl (C=O) groups is 1. The van der Waals surface area contributed by atoms with Crippen LogP contribution in [0.4, 0.5) is 13.2 Å². The number of hydrogen-bond acceptors (Lipinski definition) is 4. The molecule has 32 heavy (non-hydrogen) atoms. The Balaban J connectivity index is 1.77. The number of benzene rings is 3. The van der Waals surface area contributed by atoms with Crippen molar-refractivity contribution in [2.75, 3.05) is 7.11 Å².